The summed E-state index contributed by atoms with van der Waals surface area (Å²) >= 11 is 0. The Hall–Kier alpha value is -2.14. The van der Waals surface area contributed by atoms with Crippen molar-refractivity contribution in [1.29, 1.82) is 0 Å². The molecule has 2 aromatic rings. The van der Waals surface area contributed by atoms with Crippen molar-refractivity contribution in [3.63, 3.8) is 0 Å². The number of Topliss-reactive ketones (excluding diaryl/α,β-unsaturated/α-hetero) is 1. The lowest BCUT2D eigenvalue weighted by Gasteiger charge is -2.24. The molecule has 2 aliphatic carbocycles. The zero-order chi connectivity index (χ0) is 19.0. The maximum Gasteiger partial charge on any atom is 0.335 e. The minimum atomic E-state index is -1.39. The molecule has 0 unspecified atom stereocenters. The van der Waals surface area contributed by atoms with Gasteiger partial charge in [-0.05, 0) is 61.8 Å². The standard InChI is InChI=1S/C22H27NO4/c1-2-27-22(26)21(25)16-10-9-15-17-12-14(13-6-4-3-5-7-13)8-11-18(17)23-19(15)20(16)24/h8,11-13,16,21,23,25H,2-7,9-10H2,1H3/t16-,21+/m0/s1. The summed E-state index contributed by atoms with van der Waals surface area (Å²) in [6, 6.07) is 6.49. The first-order valence-corrected chi connectivity index (χ1v) is 10.1. The number of benzene rings is 1. The van der Waals surface area contributed by atoms with Crippen LogP contribution >= 0.6 is 0 Å². The number of aliphatic hydroxyl groups is 1. The lowest BCUT2D eigenvalue weighted by molar-refractivity contribution is -0.155. The lowest BCUT2D eigenvalue weighted by Crippen LogP contribution is -2.38. The Morgan fingerprint density at radius 1 is 1.26 bits per heavy atom. The van der Waals surface area contributed by atoms with Crippen molar-refractivity contribution in [2.75, 3.05) is 6.61 Å². The summed E-state index contributed by atoms with van der Waals surface area (Å²) in [4.78, 5) is 28.0. The highest BCUT2D eigenvalue weighted by Gasteiger charge is 2.38. The van der Waals surface area contributed by atoms with E-state index in [9.17, 15) is 14.7 Å². The van der Waals surface area contributed by atoms with Gasteiger partial charge in [-0.3, -0.25) is 4.79 Å². The number of hydrogen-bond donors (Lipinski definition) is 2. The molecule has 0 bridgehead atoms. The van der Waals surface area contributed by atoms with Crippen molar-refractivity contribution >= 4 is 22.7 Å². The zero-order valence-corrected chi connectivity index (χ0v) is 15.8. The van der Waals surface area contributed by atoms with Crippen LogP contribution in [-0.4, -0.2) is 34.6 Å². The molecule has 4 rings (SSSR count). The van der Waals surface area contributed by atoms with Gasteiger partial charge in [-0.25, -0.2) is 4.79 Å². The first kappa shape index (κ1) is 18.2. The molecule has 1 saturated carbocycles. The van der Waals surface area contributed by atoms with E-state index in [0.29, 0.717) is 24.5 Å². The molecule has 5 nitrogen and oxygen atoms in total. The predicted octanol–water partition coefficient (Wildman–Crippen LogP) is 3.88. The van der Waals surface area contributed by atoms with Crippen molar-refractivity contribution in [3.8, 4) is 0 Å². The van der Waals surface area contributed by atoms with Crippen LogP contribution in [0.1, 0.15) is 73.0 Å². The number of aromatic amines is 1. The number of aliphatic hydroxyl groups excluding tert-OH is 1. The molecule has 27 heavy (non-hydrogen) atoms. The van der Waals surface area contributed by atoms with Gasteiger partial charge in [0.15, 0.2) is 11.9 Å². The Labute approximate surface area is 159 Å². The summed E-state index contributed by atoms with van der Waals surface area (Å²) in [5.41, 5.74) is 3.90. The minimum Gasteiger partial charge on any atom is -0.464 e. The van der Waals surface area contributed by atoms with Crippen LogP contribution in [0.2, 0.25) is 0 Å². The average Bonchev–Trinajstić information content (AvgIpc) is 3.07. The third-order valence-electron chi connectivity index (χ3n) is 6.20. The van der Waals surface area contributed by atoms with Gasteiger partial charge in [-0.2, -0.15) is 0 Å². The van der Waals surface area contributed by atoms with Crippen LogP contribution in [0.25, 0.3) is 10.9 Å². The molecule has 1 aromatic carbocycles. The van der Waals surface area contributed by atoms with Gasteiger partial charge < -0.3 is 14.8 Å². The van der Waals surface area contributed by atoms with E-state index in [-0.39, 0.29) is 12.4 Å². The number of aromatic nitrogens is 1. The molecule has 0 saturated heterocycles. The van der Waals surface area contributed by atoms with Crippen LogP contribution < -0.4 is 0 Å². The lowest BCUT2D eigenvalue weighted by atomic mass is 9.81. The third kappa shape index (κ3) is 3.29. The highest BCUT2D eigenvalue weighted by Crippen LogP contribution is 2.37. The Morgan fingerprint density at radius 2 is 2.04 bits per heavy atom. The summed E-state index contributed by atoms with van der Waals surface area (Å²) in [7, 11) is 0. The van der Waals surface area contributed by atoms with Gasteiger partial charge in [0.1, 0.15) is 0 Å². The van der Waals surface area contributed by atoms with E-state index in [1.165, 1.54) is 37.7 Å². The van der Waals surface area contributed by atoms with Gasteiger partial charge in [-0.15, -0.1) is 0 Å². The van der Waals surface area contributed by atoms with E-state index in [1.54, 1.807) is 6.92 Å². The van der Waals surface area contributed by atoms with Crippen LogP contribution in [0.15, 0.2) is 18.2 Å². The normalized spacial score (nSPS) is 21.9. The highest BCUT2D eigenvalue weighted by atomic mass is 16.5. The monoisotopic (exact) mass is 369 g/mol. The predicted molar refractivity (Wildman–Crippen MR) is 103 cm³/mol. The Kier molecular flexibility index (Phi) is 5.04. The third-order valence-corrected chi connectivity index (χ3v) is 6.20. The number of ether oxygens (including phenoxy) is 1. The Bertz CT molecular complexity index is 863. The molecule has 0 aliphatic heterocycles. The maximum atomic E-state index is 12.9. The van der Waals surface area contributed by atoms with Gasteiger partial charge in [0.25, 0.3) is 0 Å². The molecule has 2 aliphatic rings. The second-order valence-corrected chi connectivity index (χ2v) is 7.82. The van der Waals surface area contributed by atoms with Crippen LogP contribution in [0.3, 0.4) is 0 Å². The number of carbonyl (C=O) groups excluding carboxylic acids is 2. The Balaban J connectivity index is 1.64. The molecule has 2 atom stereocenters. The molecule has 2 N–H and O–H groups in total. The second-order valence-electron chi connectivity index (χ2n) is 7.82. The van der Waals surface area contributed by atoms with E-state index in [2.05, 4.69) is 23.2 Å². The van der Waals surface area contributed by atoms with Gasteiger partial charge >= 0.3 is 5.97 Å². The van der Waals surface area contributed by atoms with Crippen LogP contribution in [0, 0.1) is 5.92 Å². The fraction of sp³-hybridized carbons (Fsp3) is 0.545. The SMILES string of the molecule is CCOC(=O)[C@H](O)[C@H]1CCc2c([nH]c3ccc(C4CCCCC4)cc23)C1=O. The van der Waals surface area contributed by atoms with E-state index < -0.39 is 18.0 Å². The molecule has 1 fully saturated rings. The van der Waals surface area contributed by atoms with Crippen molar-refractivity contribution in [2.24, 2.45) is 5.92 Å². The van der Waals surface area contributed by atoms with Gasteiger partial charge in [-0.1, -0.05) is 25.3 Å². The van der Waals surface area contributed by atoms with E-state index >= 15 is 0 Å². The van der Waals surface area contributed by atoms with Crippen LogP contribution in [0.5, 0.6) is 0 Å². The molecule has 5 heteroatoms. The first-order valence-electron chi connectivity index (χ1n) is 10.1. The van der Waals surface area contributed by atoms with Gasteiger partial charge in [0.2, 0.25) is 0 Å². The molecule has 144 valence electrons. The van der Waals surface area contributed by atoms with Crippen LogP contribution in [-0.2, 0) is 16.0 Å². The van der Waals surface area contributed by atoms with Crippen molar-refractivity contribution < 1.29 is 19.4 Å². The fourth-order valence-electron chi connectivity index (χ4n) is 4.73. The molecule has 0 radical (unpaired) electrons. The number of nitrogens with one attached hydrogen (secondary N) is 1. The van der Waals surface area contributed by atoms with Crippen LogP contribution in [0.4, 0.5) is 0 Å². The van der Waals surface area contributed by atoms with E-state index in [4.69, 9.17) is 4.74 Å². The zero-order valence-electron chi connectivity index (χ0n) is 15.8. The van der Waals surface area contributed by atoms with Gasteiger partial charge in [0, 0.05) is 10.9 Å². The fourth-order valence-corrected chi connectivity index (χ4v) is 4.73. The molecular formula is C22H27NO4. The summed E-state index contributed by atoms with van der Waals surface area (Å²) in [6.45, 7) is 1.88. The van der Waals surface area contributed by atoms with Gasteiger partial charge in [0.05, 0.1) is 18.2 Å². The smallest absolute Gasteiger partial charge is 0.335 e. The Morgan fingerprint density at radius 3 is 2.78 bits per heavy atom. The van der Waals surface area contributed by atoms with E-state index in [1.807, 2.05) is 0 Å². The summed E-state index contributed by atoms with van der Waals surface area (Å²) < 4.78 is 4.88. The number of rotatable bonds is 4. The number of hydrogen-bond acceptors (Lipinski definition) is 4. The average molecular weight is 369 g/mol. The number of H-pyrrole nitrogens is 1. The van der Waals surface area contributed by atoms with Crippen molar-refractivity contribution in [2.45, 2.75) is 63.9 Å². The number of ketones is 1. The largest absolute Gasteiger partial charge is 0.464 e. The molecule has 0 amide bonds. The summed E-state index contributed by atoms with van der Waals surface area (Å²) in [6.07, 6.45) is 6.14. The van der Waals surface area contributed by atoms with E-state index in [0.717, 1.165) is 16.5 Å². The number of aryl methyl sites for hydroxylation is 1. The second kappa shape index (κ2) is 7.47. The molecule has 1 aromatic heterocycles. The van der Waals surface area contributed by atoms with Crippen molar-refractivity contribution in [1.82, 2.24) is 4.98 Å². The highest BCUT2D eigenvalue weighted by molar-refractivity contribution is 6.06. The quantitative estimate of drug-likeness (QED) is 0.802. The molecule has 0 spiro atoms. The summed E-state index contributed by atoms with van der Waals surface area (Å²) in [5.74, 6) is -1.02. The maximum absolute atomic E-state index is 12.9. The number of esters is 1. The molecule has 1 heterocycles. The summed E-state index contributed by atoms with van der Waals surface area (Å²) in [5, 5.41) is 11.4. The topological polar surface area (TPSA) is 79.4 Å². The molecular weight excluding hydrogens is 342 g/mol. The van der Waals surface area contributed by atoms with Crippen molar-refractivity contribution in [3.05, 3.63) is 35.0 Å². The first-order chi connectivity index (χ1) is 13.1. The number of carbonyl (C=O) groups is 2. The number of fused-ring (bicyclic) bond motifs is 3. The minimum absolute atomic E-state index is 0.188.